The molecule has 0 aliphatic carbocycles. The lowest BCUT2D eigenvalue weighted by Crippen LogP contribution is -2.16. The topological polar surface area (TPSA) is 141 Å². The minimum absolute atomic E-state index is 0.0116. The highest BCUT2D eigenvalue weighted by molar-refractivity contribution is 7.92. The number of anilines is 1. The largest absolute Gasteiger partial charge is 0.497 e. The molecule has 1 amide bonds. The zero-order valence-electron chi connectivity index (χ0n) is 24.2. The molecule has 2 N–H and O–H groups in total. The molecule has 4 aromatic rings. The second kappa shape index (κ2) is 14.1. The molecule has 226 valence electrons. The summed E-state index contributed by atoms with van der Waals surface area (Å²) in [7, 11) is -2.50. The van der Waals surface area contributed by atoms with E-state index >= 15 is 0 Å². The fourth-order valence-corrected chi connectivity index (χ4v) is 5.33. The van der Waals surface area contributed by atoms with Gasteiger partial charge in [0, 0.05) is 12.3 Å². The van der Waals surface area contributed by atoms with E-state index in [4.69, 9.17) is 14.2 Å². The second-order valence-electron chi connectivity index (χ2n) is 10.2. The number of rotatable bonds is 13. The van der Waals surface area contributed by atoms with E-state index in [1.54, 1.807) is 66.9 Å². The van der Waals surface area contributed by atoms with Gasteiger partial charge in [-0.3, -0.25) is 9.52 Å². The van der Waals surface area contributed by atoms with Crippen LogP contribution in [0, 0.1) is 0 Å². The molecular formula is C30H33N5O6S2. The summed E-state index contributed by atoms with van der Waals surface area (Å²) >= 11 is 1.33. The summed E-state index contributed by atoms with van der Waals surface area (Å²) in [6.45, 7) is 6.36. The van der Waals surface area contributed by atoms with Crippen molar-refractivity contribution in [3.8, 4) is 23.1 Å². The number of nitrogens with one attached hydrogen (secondary N) is 2. The molecule has 0 spiro atoms. The molecule has 0 saturated heterocycles. The Morgan fingerprint density at radius 1 is 1.05 bits per heavy atom. The Balaban J connectivity index is 1.49. The van der Waals surface area contributed by atoms with E-state index in [0.29, 0.717) is 29.2 Å². The summed E-state index contributed by atoms with van der Waals surface area (Å²) in [5.41, 5.74) is 3.35. The number of methoxy groups -OCH3 is 1. The van der Waals surface area contributed by atoms with Gasteiger partial charge < -0.3 is 14.2 Å². The number of hydrogen-bond donors (Lipinski definition) is 2. The first-order valence-corrected chi connectivity index (χ1v) is 15.7. The number of carbonyl (C=O) groups excluding carboxylic acids is 1. The van der Waals surface area contributed by atoms with Gasteiger partial charge in [0.2, 0.25) is 5.75 Å². The highest BCUT2D eigenvalue weighted by Crippen LogP contribution is 2.37. The molecule has 2 heterocycles. The van der Waals surface area contributed by atoms with Crippen LogP contribution in [0.15, 0.2) is 82.4 Å². The zero-order chi connectivity index (χ0) is 30.9. The molecule has 0 atom stereocenters. The number of hydrazone groups is 1. The Hall–Kier alpha value is -4.49. The highest BCUT2D eigenvalue weighted by atomic mass is 32.2. The van der Waals surface area contributed by atoms with E-state index in [0.717, 1.165) is 5.56 Å². The Labute approximate surface area is 255 Å². The lowest BCUT2D eigenvalue weighted by molar-refractivity contribution is 0.0959. The van der Waals surface area contributed by atoms with Crippen LogP contribution in [0.3, 0.4) is 0 Å². The fourth-order valence-electron chi connectivity index (χ4n) is 3.70. The van der Waals surface area contributed by atoms with Crippen molar-refractivity contribution in [2.45, 2.75) is 43.9 Å². The number of nitrogens with zero attached hydrogens (tertiary/aromatic N) is 3. The summed E-state index contributed by atoms with van der Waals surface area (Å²) in [6.07, 6.45) is 3.80. The van der Waals surface area contributed by atoms with Gasteiger partial charge in [-0.25, -0.2) is 18.8 Å². The quantitative estimate of drug-likeness (QED) is 0.105. The third-order valence-corrected chi connectivity index (χ3v) is 8.24. The molecule has 0 aliphatic heterocycles. The Morgan fingerprint density at radius 2 is 1.81 bits per heavy atom. The Bertz CT molecular complexity index is 1650. The van der Waals surface area contributed by atoms with Crippen molar-refractivity contribution < 1.29 is 27.4 Å². The average molecular weight is 624 g/mol. The summed E-state index contributed by atoms with van der Waals surface area (Å²) in [4.78, 5) is 20.9. The van der Waals surface area contributed by atoms with E-state index in [1.807, 2.05) is 5.38 Å². The number of unbranched alkanes of at least 4 members (excludes halogenated alkanes) is 1. The van der Waals surface area contributed by atoms with Crippen LogP contribution in [0.25, 0.3) is 0 Å². The van der Waals surface area contributed by atoms with Crippen LogP contribution >= 0.6 is 11.3 Å². The molecule has 2 aromatic heterocycles. The SMILES string of the molecule is COc1cccc(Oc2c(NS(=O)(=O)c3ccc(C(C)(C)C)cc3)ncnc2OCCC/C=N/NC(=O)c2cccs2)c1. The van der Waals surface area contributed by atoms with Gasteiger partial charge in [0.1, 0.15) is 17.8 Å². The first-order chi connectivity index (χ1) is 20.6. The van der Waals surface area contributed by atoms with Crippen molar-refractivity contribution in [3.63, 3.8) is 0 Å². The maximum Gasteiger partial charge on any atom is 0.281 e. The van der Waals surface area contributed by atoms with Crippen LogP contribution in [0.1, 0.15) is 48.8 Å². The van der Waals surface area contributed by atoms with Gasteiger partial charge in [-0.2, -0.15) is 10.1 Å². The van der Waals surface area contributed by atoms with Crippen molar-refractivity contribution in [1.29, 1.82) is 0 Å². The van der Waals surface area contributed by atoms with E-state index in [2.05, 4.69) is 46.0 Å². The van der Waals surface area contributed by atoms with Gasteiger partial charge in [-0.05, 0) is 59.5 Å². The first kappa shape index (κ1) is 31.4. The van der Waals surface area contributed by atoms with Gasteiger partial charge in [0.05, 0.1) is 23.5 Å². The molecular weight excluding hydrogens is 590 g/mol. The van der Waals surface area contributed by atoms with E-state index in [-0.39, 0.29) is 40.3 Å². The van der Waals surface area contributed by atoms with Crippen LogP contribution in [0.5, 0.6) is 23.1 Å². The number of aromatic nitrogens is 2. The van der Waals surface area contributed by atoms with Crippen molar-refractivity contribution >= 4 is 39.3 Å². The minimum Gasteiger partial charge on any atom is -0.497 e. The molecule has 0 unspecified atom stereocenters. The number of thiophene rings is 1. The third-order valence-electron chi connectivity index (χ3n) is 6.01. The number of hydrogen-bond acceptors (Lipinski definition) is 10. The smallest absolute Gasteiger partial charge is 0.281 e. The number of benzene rings is 2. The van der Waals surface area contributed by atoms with Gasteiger partial charge in [-0.15, -0.1) is 11.3 Å². The van der Waals surface area contributed by atoms with E-state index in [1.165, 1.54) is 24.8 Å². The van der Waals surface area contributed by atoms with Crippen LogP contribution in [0.2, 0.25) is 0 Å². The summed E-state index contributed by atoms with van der Waals surface area (Å²) in [5, 5.41) is 5.77. The lowest BCUT2D eigenvalue weighted by Gasteiger charge is -2.19. The maximum absolute atomic E-state index is 13.3. The Kier molecular flexibility index (Phi) is 10.3. The number of sulfonamides is 1. The second-order valence-corrected chi connectivity index (χ2v) is 12.9. The minimum atomic E-state index is -4.03. The highest BCUT2D eigenvalue weighted by Gasteiger charge is 2.23. The molecule has 0 aliphatic rings. The summed E-state index contributed by atoms with van der Waals surface area (Å²) in [6, 6.07) is 17.0. The normalized spacial score (nSPS) is 11.7. The molecule has 0 fully saturated rings. The number of ether oxygens (including phenoxy) is 3. The summed E-state index contributed by atoms with van der Waals surface area (Å²) < 4.78 is 46.4. The van der Waals surface area contributed by atoms with Gasteiger partial charge >= 0.3 is 0 Å². The first-order valence-electron chi connectivity index (χ1n) is 13.4. The Morgan fingerprint density at radius 3 is 2.51 bits per heavy atom. The molecule has 2 aromatic carbocycles. The average Bonchev–Trinajstić information content (AvgIpc) is 3.53. The van der Waals surface area contributed by atoms with Crippen LogP contribution in [-0.2, 0) is 15.4 Å². The van der Waals surface area contributed by atoms with Crippen molar-refractivity contribution in [1.82, 2.24) is 15.4 Å². The van der Waals surface area contributed by atoms with E-state index < -0.39 is 10.0 Å². The van der Waals surface area contributed by atoms with Crippen molar-refractivity contribution in [2.75, 3.05) is 18.4 Å². The van der Waals surface area contributed by atoms with Crippen molar-refractivity contribution in [3.05, 3.63) is 82.8 Å². The number of amides is 1. The number of carbonyl (C=O) groups is 1. The van der Waals surface area contributed by atoms with Gasteiger partial charge in [0.15, 0.2) is 5.82 Å². The molecule has 13 heteroatoms. The molecule has 0 radical (unpaired) electrons. The third kappa shape index (κ3) is 8.75. The lowest BCUT2D eigenvalue weighted by atomic mass is 9.87. The predicted molar refractivity (Wildman–Crippen MR) is 166 cm³/mol. The van der Waals surface area contributed by atoms with Gasteiger partial charge in [0.25, 0.3) is 21.8 Å². The predicted octanol–water partition coefficient (Wildman–Crippen LogP) is 6.01. The fraction of sp³-hybridized carbons (Fsp3) is 0.267. The van der Waals surface area contributed by atoms with Gasteiger partial charge in [-0.1, -0.05) is 45.0 Å². The van der Waals surface area contributed by atoms with Crippen LogP contribution in [-0.4, -0.2) is 44.2 Å². The molecule has 4 rings (SSSR count). The molecule has 0 saturated carbocycles. The van der Waals surface area contributed by atoms with Crippen LogP contribution in [0.4, 0.5) is 5.82 Å². The molecule has 0 bridgehead atoms. The van der Waals surface area contributed by atoms with Crippen molar-refractivity contribution in [2.24, 2.45) is 5.10 Å². The summed E-state index contributed by atoms with van der Waals surface area (Å²) in [5.74, 6) is 0.573. The maximum atomic E-state index is 13.3. The zero-order valence-corrected chi connectivity index (χ0v) is 25.9. The monoisotopic (exact) mass is 623 g/mol. The standard InChI is InChI=1S/C30H33N5O6S2/c1-30(2,3)21-12-14-24(15-13-21)43(37,38)35-27-26(41-23-10-7-9-22(19-23)39-4)29(32-20-31-27)40-17-6-5-16-33-34-28(36)25-11-8-18-42-25/h7-16,18-20H,5-6,17H2,1-4H3,(H,34,36)(H,31,32,35)/b33-16+. The molecule has 11 nitrogen and oxygen atoms in total. The molecule has 43 heavy (non-hydrogen) atoms. The van der Waals surface area contributed by atoms with Crippen LogP contribution < -0.4 is 24.4 Å². The van der Waals surface area contributed by atoms with E-state index in [9.17, 15) is 13.2 Å².